The summed E-state index contributed by atoms with van der Waals surface area (Å²) in [7, 11) is 0. The molecule has 0 saturated carbocycles. The smallest absolute Gasteiger partial charge is 0.0918 e. The van der Waals surface area contributed by atoms with E-state index in [1.54, 1.807) is 0 Å². The molecular formula is C9H10BrNO. The van der Waals surface area contributed by atoms with Gasteiger partial charge in [0.25, 0.3) is 0 Å². The Morgan fingerprint density at radius 1 is 1.33 bits per heavy atom. The molecule has 0 aromatic heterocycles. The average Bonchev–Trinajstić information content (AvgIpc) is 2.12. The van der Waals surface area contributed by atoms with Crippen molar-refractivity contribution in [3.05, 3.63) is 35.4 Å². The van der Waals surface area contributed by atoms with Crippen LogP contribution in [0.1, 0.15) is 22.2 Å². The molecule has 3 heteroatoms. The molecule has 1 aliphatic heterocycles. The first-order valence-corrected chi connectivity index (χ1v) is 4.85. The Morgan fingerprint density at radius 2 is 2.00 bits per heavy atom. The van der Waals surface area contributed by atoms with Crippen LogP contribution in [0.2, 0.25) is 0 Å². The van der Waals surface area contributed by atoms with Crippen molar-refractivity contribution < 1.29 is 5.11 Å². The van der Waals surface area contributed by atoms with E-state index in [0.717, 1.165) is 11.1 Å². The summed E-state index contributed by atoms with van der Waals surface area (Å²) in [5, 5.41) is 12.8. The van der Waals surface area contributed by atoms with E-state index in [4.69, 9.17) is 0 Å². The van der Waals surface area contributed by atoms with Crippen molar-refractivity contribution in [1.29, 1.82) is 0 Å². The van der Waals surface area contributed by atoms with Gasteiger partial charge in [0.05, 0.1) is 11.1 Å². The first-order chi connectivity index (χ1) is 5.79. The molecule has 2 rings (SSSR count). The van der Waals surface area contributed by atoms with Crippen LogP contribution in [0.4, 0.5) is 0 Å². The van der Waals surface area contributed by atoms with Gasteiger partial charge in [-0.25, -0.2) is 0 Å². The van der Waals surface area contributed by atoms with Crippen molar-refractivity contribution in [1.82, 2.24) is 5.32 Å². The van der Waals surface area contributed by atoms with Crippen LogP contribution in [0.25, 0.3) is 0 Å². The van der Waals surface area contributed by atoms with E-state index in [1.807, 2.05) is 24.3 Å². The summed E-state index contributed by atoms with van der Waals surface area (Å²) in [6, 6.07) is 7.92. The molecule has 2 N–H and O–H groups in total. The third-order valence-corrected chi connectivity index (χ3v) is 2.94. The second-order valence-corrected chi connectivity index (χ2v) is 3.83. The topological polar surface area (TPSA) is 32.3 Å². The SMILES string of the molecule is OC1CNC(Br)c2ccccc21. The van der Waals surface area contributed by atoms with Crippen molar-refractivity contribution in [2.75, 3.05) is 6.54 Å². The van der Waals surface area contributed by atoms with Gasteiger partial charge in [0.2, 0.25) is 0 Å². The van der Waals surface area contributed by atoms with Gasteiger partial charge in [0.15, 0.2) is 0 Å². The van der Waals surface area contributed by atoms with Crippen molar-refractivity contribution in [3.8, 4) is 0 Å². The van der Waals surface area contributed by atoms with Gasteiger partial charge in [0.1, 0.15) is 0 Å². The Bertz CT molecular complexity index is 261. The van der Waals surface area contributed by atoms with Crippen molar-refractivity contribution in [2.45, 2.75) is 11.1 Å². The molecule has 1 aliphatic rings. The van der Waals surface area contributed by atoms with Gasteiger partial charge < -0.3 is 5.11 Å². The Balaban J connectivity index is 2.47. The Morgan fingerprint density at radius 3 is 2.67 bits per heavy atom. The molecule has 0 aliphatic carbocycles. The molecule has 2 unspecified atom stereocenters. The lowest BCUT2D eigenvalue weighted by Gasteiger charge is -2.26. The number of fused-ring (bicyclic) bond motifs is 1. The summed E-state index contributed by atoms with van der Waals surface area (Å²) in [6.07, 6.45) is -0.366. The number of alkyl halides is 1. The number of rotatable bonds is 0. The fraction of sp³-hybridized carbons (Fsp3) is 0.333. The fourth-order valence-electron chi connectivity index (χ4n) is 1.48. The van der Waals surface area contributed by atoms with Gasteiger partial charge in [-0.15, -0.1) is 0 Å². The Kier molecular flexibility index (Phi) is 2.17. The standard InChI is InChI=1S/C9H10BrNO/c10-9-7-4-2-1-3-6(7)8(12)5-11-9/h1-4,8-9,11-12H,5H2. The molecule has 0 radical (unpaired) electrons. The first kappa shape index (κ1) is 8.23. The maximum Gasteiger partial charge on any atom is 0.0918 e. The molecule has 0 spiro atoms. The van der Waals surface area contributed by atoms with E-state index in [9.17, 15) is 5.11 Å². The quantitative estimate of drug-likeness (QED) is 0.523. The monoisotopic (exact) mass is 227 g/mol. The number of aliphatic hydroxyl groups excluding tert-OH is 1. The molecule has 1 aromatic carbocycles. The maximum absolute atomic E-state index is 9.60. The highest BCUT2D eigenvalue weighted by atomic mass is 79.9. The summed E-state index contributed by atoms with van der Waals surface area (Å²) in [6.45, 7) is 0.618. The van der Waals surface area contributed by atoms with Crippen LogP contribution >= 0.6 is 15.9 Å². The normalized spacial score (nSPS) is 28.2. The van der Waals surface area contributed by atoms with E-state index >= 15 is 0 Å². The fourth-order valence-corrected chi connectivity index (χ4v) is 2.08. The molecule has 0 saturated heterocycles. The predicted molar refractivity (Wildman–Crippen MR) is 51.1 cm³/mol. The number of β-amino-alcohol motifs (C(OH)–C–C–N with tert-alkyl or cyclic N) is 1. The van der Waals surface area contributed by atoms with Crippen LogP contribution < -0.4 is 5.32 Å². The largest absolute Gasteiger partial charge is 0.387 e. The van der Waals surface area contributed by atoms with Gasteiger partial charge in [0, 0.05) is 6.54 Å². The second kappa shape index (κ2) is 3.17. The number of aliphatic hydroxyl groups is 1. The van der Waals surface area contributed by atoms with Gasteiger partial charge in [-0.05, 0) is 11.1 Å². The molecule has 0 fully saturated rings. The van der Waals surface area contributed by atoms with Gasteiger partial charge in [-0.2, -0.15) is 0 Å². The molecular weight excluding hydrogens is 218 g/mol. The average molecular weight is 228 g/mol. The molecule has 0 bridgehead atoms. The highest BCUT2D eigenvalue weighted by molar-refractivity contribution is 9.09. The van der Waals surface area contributed by atoms with Crippen molar-refractivity contribution >= 4 is 15.9 Å². The number of hydrogen-bond donors (Lipinski definition) is 2. The van der Waals surface area contributed by atoms with E-state index in [2.05, 4.69) is 21.2 Å². The lowest BCUT2D eigenvalue weighted by Crippen LogP contribution is -2.29. The third kappa shape index (κ3) is 1.28. The highest BCUT2D eigenvalue weighted by Crippen LogP contribution is 2.31. The number of hydrogen-bond acceptors (Lipinski definition) is 2. The van der Waals surface area contributed by atoms with Gasteiger partial charge >= 0.3 is 0 Å². The molecule has 0 amide bonds. The van der Waals surface area contributed by atoms with E-state index < -0.39 is 0 Å². The molecule has 12 heavy (non-hydrogen) atoms. The summed E-state index contributed by atoms with van der Waals surface area (Å²) < 4.78 is 0. The maximum atomic E-state index is 9.60. The zero-order chi connectivity index (χ0) is 8.55. The first-order valence-electron chi connectivity index (χ1n) is 3.93. The van der Waals surface area contributed by atoms with Crippen LogP contribution in [0.5, 0.6) is 0 Å². The van der Waals surface area contributed by atoms with Crippen molar-refractivity contribution in [2.24, 2.45) is 0 Å². The van der Waals surface area contributed by atoms with Crippen molar-refractivity contribution in [3.63, 3.8) is 0 Å². The number of halogens is 1. The molecule has 2 atom stereocenters. The molecule has 1 heterocycles. The molecule has 2 nitrogen and oxygen atoms in total. The zero-order valence-electron chi connectivity index (χ0n) is 6.50. The second-order valence-electron chi connectivity index (χ2n) is 2.92. The Hall–Kier alpha value is -0.380. The lowest BCUT2D eigenvalue weighted by molar-refractivity contribution is 0.165. The van der Waals surface area contributed by atoms with Crippen LogP contribution in [-0.2, 0) is 0 Å². The predicted octanol–water partition coefficient (Wildman–Crippen LogP) is 1.72. The van der Waals surface area contributed by atoms with Gasteiger partial charge in [-0.3, -0.25) is 5.32 Å². The van der Waals surface area contributed by atoms with E-state index in [0.29, 0.717) is 6.54 Å². The van der Waals surface area contributed by atoms with E-state index in [-0.39, 0.29) is 11.1 Å². The van der Waals surface area contributed by atoms with Crippen LogP contribution in [-0.4, -0.2) is 11.7 Å². The Labute approximate surface area is 79.7 Å². The minimum atomic E-state index is -0.366. The van der Waals surface area contributed by atoms with Crippen LogP contribution in [0.15, 0.2) is 24.3 Å². The van der Waals surface area contributed by atoms with Gasteiger partial charge in [-0.1, -0.05) is 40.2 Å². The minimum Gasteiger partial charge on any atom is -0.387 e. The van der Waals surface area contributed by atoms with Crippen LogP contribution in [0, 0.1) is 0 Å². The molecule has 64 valence electrons. The summed E-state index contributed by atoms with van der Waals surface area (Å²) in [4.78, 5) is 0.178. The van der Waals surface area contributed by atoms with E-state index in [1.165, 1.54) is 0 Å². The van der Waals surface area contributed by atoms with Crippen LogP contribution in [0.3, 0.4) is 0 Å². The summed E-state index contributed by atoms with van der Waals surface area (Å²) in [5.74, 6) is 0. The summed E-state index contributed by atoms with van der Waals surface area (Å²) in [5.41, 5.74) is 2.16. The third-order valence-electron chi connectivity index (χ3n) is 2.12. The molecule has 1 aromatic rings. The lowest BCUT2D eigenvalue weighted by atomic mass is 9.99. The summed E-state index contributed by atoms with van der Waals surface area (Å²) >= 11 is 3.49. The highest BCUT2D eigenvalue weighted by Gasteiger charge is 2.22. The minimum absolute atomic E-state index is 0.178. The zero-order valence-corrected chi connectivity index (χ0v) is 8.08. The number of benzene rings is 1. The number of nitrogens with one attached hydrogen (secondary N) is 1.